The first-order valence-electron chi connectivity index (χ1n) is 11.1. The van der Waals surface area contributed by atoms with Gasteiger partial charge < -0.3 is 9.47 Å². The van der Waals surface area contributed by atoms with Crippen molar-refractivity contribution in [2.24, 2.45) is 20.0 Å². The third-order valence-electron chi connectivity index (χ3n) is 6.26. The van der Waals surface area contributed by atoms with E-state index in [1.165, 1.54) is 17.7 Å². The number of halogens is 1. The molecule has 1 aliphatic rings. The zero-order valence-electron chi connectivity index (χ0n) is 19.4. The minimum Gasteiger partial charge on any atom is -0.340 e. The summed E-state index contributed by atoms with van der Waals surface area (Å²) in [4.78, 5) is 46.4. The summed E-state index contributed by atoms with van der Waals surface area (Å²) in [5, 5.41) is 0. The first-order chi connectivity index (χ1) is 15.7. The van der Waals surface area contributed by atoms with Crippen LogP contribution in [0.4, 0.5) is 4.39 Å². The van der Waals surface area contributed by atoms with Gasteiger partial charge in [-0.05, 0) is 6.07 Å². The van der Waals surface area contributed by atoms with E-state index in [1.807, 2.05) is 18.7 Å². The van der Waals surface area contributed by atoms with Crippen molar-refractivity contribution >= 4 is 17.1 Å². The molecule has 0 spiro atoms. The largest absolute Gasteiger partial charge is 0.340 e. The normalized spacial score (nSPS) is 15.0. The Morgan fingerprint density at radius 3 is 2.33 bits per heavy atom. The van der Waals surface area contributed by atoms with Gasteiger partial charge >= 0.3 is 5.69 Å². The Balaban J connectivity index is 1.72. The summed E-state index contributed by atoms with van der Waals surface area (Å²) in [6.07, 6.45) is 0. The Bertz CT molecular complexity index is 1310. The lowest BCUT2D eigenvalue weighted by atomic mass is 10.1. The Morgan fingerprint density at radius 1 is 1.03 bits per heavy atom. The van der Waals surface area contributed by atoms with Crippen LogP contribution in [0.15, 0.2) is 33.9 Å². The fourth-order valence-electron chi connectivity index (χ4n) is 4.27. The van der Waals surface area contributed by atoms with Gasteiger partial charge in [-0.15, -0.1) is 0 Å². The molecule has 1 aliphatic heterocycles. The van der Waals surface area contributed by atoms with Crippen molar-refractivity contribution in [3.8, 4) is 0 Å². The molecule has 0 radical (unpaired) electrons. The van der Waals surface area contributed by atoms with E-state index in [4.69, 9.17) is 0 Å². The number of piperazine rings is 1. The number of aryl methyl sites for hydroxylation is 1. The topological polar surface area (TPSA) is 85.4 Å². The molecule has 0 bridgehead atoms. The minimum atomic E-state index is -0.463. The average Bonchev–Trinajstić information content (AvgIpc) is 3.15. The molecule has 33 heavy (non-hydrogen) atoms. The van der Waals surface area contributed by atoms with Crippen molar-refractivity contribution in [1.82, 2.24) is 28.5 Å². The van der Waals surface area contributed by atoms with Gasteiger partial charge in [0.05, 0.1) is 13.1 Å². The van der Waals surface area contributed by atoms with Gasteiger partial charge in [-0.1, -0.05) is 32.0 Å². The molecule has 4 rings (SSSR count). The zero-order valence-corrected chi connectivity index (χ0v) is 19.4. The van der Waals surface area contributed by atoms with Crippen molar-refractivity contribution in [1.29, 1.82) is 0 Å². The average molecular weight is 457 g/mol. The molecular weight excluding hydrogens is 427 g/mol. The van der Waals surface area contributed by atoms with Crippen LogP contribution < -0.4 is 11.2 Å². The molecule has 1 saturated heterocycles. The van der Waals surface area contributed by atoms with Crippen LogP contribution >= 0.6 is 0 Å². The summed E-state index contributed by atoms with van der Waals surface area (Å²) >= 11 is 0. The van der Waals surface area contributed by atoms with Gasteiger partial charge in [0.2, 0.25) is 5.91 Å². The molecular formula is C23H29FN6O3. The maximum absolute atomic E-state index is 14.5. The molecule has 2 aromatic heterocycles. The molecule has 0 N–H and O–H groups in total. The molecule has 1 amide bonds. The first kappa shape index (κ1) is 22.9. The molecule has 0 saturated carbocycles. The highest BCUT2D eigenvalue weighted by atomic mass is 19.1. The third-order valence-corrected chi connectivity index (χ3v) is 6.26. The second kappa shape index (κ2) is 8.93. The lowest BCUT2D eigenvalue weighted by Crippen LogP contribution is -2.49. The van der Waals surface area contributed by atoms with Crippen LogP contribution in [0.2, 0.25) is 0 Å². The Labute approximate surface area is 190 Å². The summed E-state index contributed by atoms with van der Waals surface area (Å²) in [7, 11) is 3.00. The van der Waals surface area contributed by atoms with Gasteiger partial charge in [-0.25, -0.2) is 14.2 Å². The van der Waals surface area contributed by atoms with Gasteiger partial charge in [0.25, 0.3) is 5.56 Å². The minimum absolute atomic E-state index is 0.0426. The summed E-state index contributed by atoms with van der Waals surface area (Å²) in [6, 6.07) is 6.42. The van der Waals surface area contributed by atoms with Crippen LogP contribution in [0.1, 0.15) is 25.2 Å². The van der Waals surface area contributed by atoms with Crippen LogP contribution in [0, 0.1) is 11.7 Å². The van der Waals surface area contributed by atoms with Crippen LogP contribution in [-0.4, -0.2) is 60.6 Å². The number of imidazole rings is 1. The van der Waals surface area contributed by atoms with Crippen molar-refractivity contribution in [2.75, 3.05) is 26.2 Å². The van der Waals surface area contributed by atoms with E-state index in [-0.39, 0.29) is 35.4 Å². The summed E-state index contributed by atoms with van der Waals surface area (Å²) in [5.74, 6) is 0.307. The molecule has 0 atom stereocenters. The van der Waals surface area contributed by atoms with Crippen molar-refractivity contribution < 1.29 is 9.18 Å². The molecule has 1 fully saturated rings. The second-order valence-electron chi connectivity index (χ2n) is 8.84. The lowest BCUT2D eigenvalue weighted by Gasteiger charge is -2.35. The summed E-state index contributed by atoms with van der Waals surface area (Å²) in [5.41, 5.74) is 0.0572. The smallest absolute Gasteiger partial charge is 0.332 e. The number of benzene rings is 1. The third kappa shape index (κ3) is 4.22. The Morgan fingerprint density at radius 2 is 1.70 bits per heavy atom. The number of hydrogen-bond acceptors (Lipinski definition) is 5. The quantitative estimate of drug-likeness (QED) is 0.570. The van der Waals surface area contributed by atoms with Crippen LogP contribution in [0.5, 0.6) is 0 Å². The number of rotatable bonds is 5. The number of carbonyl (C=O) groups is 1. The molecule has 1 aromatic carbocycles. The van der Waals surface area contributed by atoms with E-state index in [2.05, 4.69) is 9.88 Å². The van der Waals surface area contributed by atoms with E-state index in [0.717, 1.165) is 4.57 Å². The monoisotopic (exact) mass is 456 g/mol. The van der Waals surface area contributed by atoms with E-state index in [1.54, 1.807) is 29.8 Å². The molecule has 0 aliphatic carbocycles. The van der Waals surface area contributed by atoms with Gasteiger partial charge in [0.15, 0.2) is 11.2 Å². The standard InChI is InChI=1S/C23H29FN6O3/c1-15(2)21(31)29-11-9-28(10-12-29)14-18-25-20-19(22(32)27(4)23(33)26(20)3)30(18)13-16-7-5-6-8-17(16)24/h5-8,15H,9-14H2,1-4H3. The van der Waals surface area contributed by atoms with Crippen molar-refractivity contribution in [3.63, 3.8) is 0 Å². The molecule has 0 unspecified atom stereocenters. The highest BCUT2D eigenvalue weighted by molar-refractivity contribution is 5.78. The maximum atomic E-state index is 14.5. The number of carbonyl (C=O) groups excluding carboxylic acids is 1. The first-order valence-corrected chi connectivity index (χ1v) is 11.1. The molecule has 9 nitrogen and oxygen atoms in total. The predicted octanol–water partition coefficient (Wildman–Crippen LogP) is 0.921. The lowest BCUT2D eigenvalue weighted by molar-refractivity contribution is -0.136. The Hall–Kier alpha value is -3.27. The van der Waals surface area contributed by atoms with Gasteiger partial charge in [0.1, 0.15) is 11.6 Å². The van der Waals surface area contributed by atoms with E-state index < -0.39 is 11.2 Å². The molecule has 176 valence electrons. The SMILES string of the molecule is CC(C)C(=O)N1CCN(Cc2nc3c(c(=O)n(C)c(=O)n3C)n2Cc2ccccc2F)CC1. The second-order valence-corrected chi connectivity index (χ2v) is 8.84. The summed E-state index contributed by atoms with van der Waals surface area (Å²) in [6.45, 7) is 6.89. The zero-order chi connectivity index (χ0) is 23.9. The van der Waals surface area contributed by atoms with E-state index >= 15 is 0 Å². The van der Waals surface area contributed by atoms with Gasteiger partial charge in [-0.3, -0.25) is 23.6 Å². The van der Waals surface area contributed by atoms with E-state index in [9.17, 15) is 18.8 Å². The number of amides is 1. The van der Waals surface area contributed by atoms with Crippen LogP contribution in [0.25, 0.3) is 11.2 Å². The van der Waals surface area contributed by atoms with Crippen LogP contribution in [0.3, 0.4) is 0 Å². The predicted molar refractivity (Wildman–Crippen MR) is 122 cm³/mol. The van der Waals surface area contributed by atoms with Gasteiger partial charge in [0, 0.05) is 51.8 Å². The van der Waals surface area contributed by atoms with Crippen molar-refractivity contribution in [3.05, 3.63) is 62.3 Å². The fraction of sp³-hybridized carbons (Fsp3) is 0.478. The number of fused-ring (bicyclic) bond motifs is 1. The molecule has 3 aromatic rings. The van der Waals surface area contributed by atoms with Crippen LogP contribution in [-0.2, 0) is 32.0 Å². The summed E-state index contributed by atoms with van der Waals surface area (Å²) < 4.78 is 18.6. The number of hydrogen-bond donors (Lipinski definition) is 0. The number of nitrogens with zero attached hydrogens (tertiary/aromatic N) is 6. The molecule has 10 heteroatoms. The highest BCUT2D eigenvalue weighted by Gasteiger charge is 2.26. The fourth-order valence-corrected chi connectivity index (χ4v) is 4.27. The Kier molecular flexibility index (Phi) is 6.20. The number of aromatic nitrogens is 4. The maximum Gasteiger partial charge on any atom is 0.332 e. The van der Waals surface area contributed by atoms with Crippen molar-refractivity contribution in [2.45, 2.75) is 26.9 Å². The highest BCUT2D eigenvalue weighted by Crippen LogP contribution is 2.18. The van der Waals surface area contributed by atoms with Gasteiger partial charge in [-0.2, -0.15) is 0 Å². The van der Waals surface area contributed by atoms with E-state index in [0.29, 0.717) is 44.1 Å². The molecule has 3 heterocycles.